The molecule has 0 bridgehead atoms. The fourth-order valence-electron chi connectivity index (χ4n) is 6.11. The predicted molar refractivity (Wildman–Crippen MR) is 196 cm³/mol. The Bertz CT molecular complexity index is 1610. The van der Waals surface area contributed by atoms with Crippen LogP contribution in [0.1, 0.15) is 39.5 Å². The number of anilines is 2. The number of urea groups is 2. The van der Waals surface area contributed by atoms with Crippen LogP contribution in [-0.4, -0.2) is 123 Å². The van der Waals surface area contributed by atoms with E-state index in [9.17, 15) is 28.8 Å². The zero-order chi connectivity index (χ0) is 38.6. The Balaban J connectivity index is 0.000000196. The summed E-state index contributed by atoms with van der Waals surface area (Å²) in [6.45, 7) is 10.3. The third-order valence-corrected chi connectivity index (χ3v) is 9.54. The molecule has 0 spiro atoms. The number of aliphatic carboxylic acids is 1. The number of methoxy groups -OCH3 is 2. The van der Waals surface area contributed by atoms with E-state index in [4.69, 9.17) is 14.6 Å². The monoisotopic (exact) mass is 738 g/mol. The molecule has 288 valence electrons. The minimum atomic E-state index is -1.07. The Hall–Kier alpha value is -5.58. The molecule has 2 aromatic carbocycles. The van der Waals surface area contributed by atoms with E-state index in [0.29, 0.717) is 19.5 Å². The van der Waals surface area contributed by atoms with Crippen LogP contribution in [0, 0.1) is 0 Å². The second kappa shape index (κ2) is 18.3. The lowest BCUT2D eigenvalue weighted by atomic mass is 9.96. The number of piperazine rings is 2. The van der Waals surface area contributed by atoms with Crippen molar-refractivity contribution in [2.75, 3.05) is 76.4 Å². The van der Waals surface area contributed by atoms with E-state index in [-0.39, 0.29) is 31.1 Å². The molecule has 6 rings (SSSR count). The van der Waals surface area contributed by atoms with Gasteiger partial charge in [0, 0.05) is 76.6 Å². The van der Waals surface area contributed by atoms with E-state index in [1.165, 1.54) is 12.6 Å². The summed E-state index contributed by atoms with van der Waals surface area (Å²) in [6, 6.07) is 15.1. The second-order valence-corrected chi connectivity index (χ2v) is 13.4. The van der Waals surface area contributed by atoms with E-state index in [2.05, 4.69) is 43.2 Å². The maximum Gasteiger partial charge on any atom is 0.322 e. The number of carboxylic acid groups (broad SMARTS) is 1. The molecule has 0 saturated carbocycles. The average Bonchev–Trinajstić information content (AvgIpc) is 3.59. The smallest absolute Gasteiger partial charge is 0.322 e. The summed E-state index contributed by atoms with van der Waals surface area (Å²) in [7, 11) is 3.33. The van der Waals surface area contributed by atoms with Crippen molar-refractivity contribution in [2.24, 2.45) is 0 Å². The fraction of sp³-hybridized carbons (Fsp3) is 0.500. The number of imide groups is 2. The molecule has 7 amide bonds. The van der Waals surface area contributed by atoms with Crippen molar-refractivity contribution in [1.82, 2.24) is 31.5 Å². The number of carbonyl (C=O) groups is 6. The number of hydrogen-bond donors (Lipinski definition) is 6. The SMILES string of the molecule is CC1(CCC(=O)O)NC(=O)NC1=O.COc1ccc(N2CCN(C(=O)CCC3(C)NC(=O)NC3=O)CC2)cc1.COc1ccc(N2CCNCC2)cc1. The summed E-state index contributed by atoms with van der Waals surface area (Å²) in [4.78, 5) is 74.1. The molecule has 17 heteroatoms. The highest BCUT2D eigenvalue weighted by Crippen LogP contribution is 2.23. The van der Waals surface area contributed by atoms with E-state index in [1.807, 2.05) is 46.6 Å². The maximum atomic E-state index is 12.5. The normalized spacial score (nSPS) is 22.2. The van der Waals surface area contributed by atoms with Gasteiger partial charge in [0.2, 0.25) is 5.91 Å². The lowest BCUT2D eigenvalue weighted by molar-refractivity contribution is -0.138. The molecule has 6 N–H and O–H groups in total. The molecule has 2 unspecified atom stereocenters. The molecular weight excluding hydrogens is 688 g/mol. The van der Waals surface area contributed by atoms with Crippen molar-refractivity contribution in [2.45, 2.75) is 50.6 Å². The molecule has 2 aromatic rings. The van der Waals surface area contributed by atoms with E-state index in [1.54, 1.807) is 21.1 Å². The Labute approximate surface area is 308 Å². The van der Waals surface area contributed by atoms with Gasteiger partial charge in [-0.15, -0.1) is 0 Å². The van der Waals surface area contributed by atoms with Crippen LogP contribution < -0.4 is 45.9 Å². The quantitative estimate of drug-likeness (QED) is 0.191. The zero-order valence-corrected chi connectivity index (χ0v) is 30.7. The molecule has 4 saturated heterocycles. The lowest BCUT2D eigenvalue weighted by Crippen LogP contribution is -2.50. The van der Waals surface area contributed by atoms with Crippen LogP contribution in [0.15, 0.2) is 48.5 Å². The first-order chi connectivity index (χ1) is 25.2. The molecular formula is C36H50N8O9. The number of carbonyl (C=O) groups excluding carboxylic acids is 5. The minimum Gasteiger partial charge on any atom is -0.497 e. The van der Waals surface area contributed by atoms with E-state index in [0.717, 1.165) is 56.5 Å². The highest BCUT2D eigenvalue weighted by Gasteiger charge is 2.43. The second-order valence-electron chi connectivity index (χ2n) is 13.4. The number of amides is 7. The van der Waals surface area contributed by atoms with Crippen molar-refractivity contribution in [3.8, 4) is 11.5 Å². The van der Waals surface area contributed by atoms with Gasteiger partial charge in [0.25, 0.3) is 11.8 Å². The van der Waals surface area contributed by atoms with Gasteiger partial charge in [0.15, 0.2) is 0 Å². The van der Waals surface area contributed by atoms with Gasteiger partial charge in [0.05, 0.1) is 14.2 Å². The molecule has 53 heavy (non-hydrogen) atoms. The van der Waals surface area contributed by atoms with Crippen molar-refractivity contribution in [3.63, 3.8) is 0 Å². The van der Waals surface area contributed by atoms with Gasteiger partial charge in [-0.3, -0.25) is 29.8 Å². The molecule has 4 heterocycles. The number of carboxylic acids is 1. The Kier molecular flexibility index (Phi) is 13.8. The predicted octanol–water partition coefficient (Wildman–Crippen LogP) is 1.28. The molecule has 17 nitrogen and oxygen atoms in total. The Morgan fingerprint density at radius 2 is 1.08 bits per heavy atom. The van der Waals surface area contributed by atoms with Crippen molar-refractivity contribution < 1.29 is 43.3 Å². The van der Waals surface area contributed by atoms with Crippen LogP contribution in [0.4, 0.5) is 21.0 Å². The average molecular weight is 739 g/mol. The molecule has 0 radical (unpaired) electrons. The van der Waals surface area contributed by atoms with Crippen molar-refractivity contribution >= 4 is 47.1 Å². The van der Waals surface area contributed by atoms with Crippen molar-refractivity contribution in [3.05, 3.63) is 48.5 Å². The zero-order valence-electron chi connectivity index (χ0n) is 30.7. The van der Waals surface area contributed by atoms with Gasteiger partial charge < -0.3 is 45.2 Å². The number of benzene rings is 2. The van der Waals surface area contributed by atoms with Crippen LogP contribution in [-0.2, 0) is 19.2 Å². The topological polar surface area (TPSA) is 211 Å². The van der Waals surface area contributed by atoms with Crippen LogP contribution in [0.2, 0.25) is 0 Å². The number of rotatable bonds is 10. The van der Waals surface area contributed by atoms with Gasteiger partial charge in [-0.2, -0.15) is 0 Å². The number of hydrogen-bond acceptors (Lipinski definition) is 11. The van der Waals surface area contributed by atoms with Gasteiger partial charge in [-0.05, 0) is 75.2 Å². The third-order valence-electron chi connectivity index (χ3n) is 9.54. The number of nitrogens with one attached hydrogen (secondary N) is 5. The van der Waals surface area contributed by atoms with Crippen molar-refractivity contribution in [1.29, 1.82) is 0 Å². The first-order valence-electron chi connectivity index (χ1n) is 17.5. The number of ether oxygens (including phenoxy) is 2. The van der Waals surface area contributed by atoms with Gasteiger partial charge in [-0.25, -0.2) is 9.59 Å². The minimum absolute atomic E-state index is 0.00885. The summed E-state index contributed by atoms with van der Waals surface area (Å²) in [5.41, 5.74) is 0.315. The van der Waals surface area contributed by atoms with Gasteiger partial charge >= 0.3 is 18.0 Å². The largest absolute Gasteiger partial charge is 0.497 e. The Morgan fingerprint density at radius 3 is 1.45 bits per heavy atom. The highest BCUT2D eigenvalue weighted by molar-refractivity contribution is 6.07. The molecule has 4 aliphatic heterocycles. The summed E-state index contributed by atoms with van der Waals surface area (Å²) < 4.78 is 10.3. The summed E-state index contributed by atoms with van der Waals surface area (Å²) >= 11 is 0. The Morgan fingerprint density at radius 1 is 0.660 bits per heavy atom. The van der Waals surface area contributed by atoms with Crippen LogP contribution >= 0.6 is 0 Å². The van der Waals surface area contributed by atoms with Gasteiger partial charge in [-0.1, -0.05) is 0 Å². The van der Waals surface area contributed by atoms with Crippen LogP contribution in [0.25, 0.3) is 0 Å². The molecule has 0 aromatic heterocycles. The molecule has 4 fully saturated rings. The molecule has 2 atom stereocenters. The van der Waals surface area contributed by atoms with Gasteiger partial charge in [0.1, 0.15) is 22.6 Å². The number of nitrogens with zero attached hydrogens (tertiary/aromatic N) is 3. The summed E-state index contributed by atoms with van der Waals surface area (Å²) in [5, 5.41) is 21.0. The first-order valence-corrected chi connectivity index (χ1v) is 17.5. The summed E-state index contributed by atoms with van der Waals surface area (Å²) in [5.74, 6) is -0.0916. The van der Waals surface area contributed by atoms with Crippen LogP contribution in [0.3, 0.4) is 0 Å². The third kappa shape index (κ3) is 11.2. The molecule has 4 aliphatic rings. The first kappa shape index (κ1) is 40.2. The van der Waals surface area contributed by atoms with Crippen LogP contribution in [0.5, 0.6) is 11.5 Å². The maximum absolute atomic E-state index is 12.5. The lowest BCUT2D eigenvalue weighted by Gasteiger charge is -2.36. The summed E-state index contributed by atoms with van der Waals surface area (Å²) in [6.07, 6.45) is 0.471. The fourth-order valence-corrected chi connectivity index (χ4v) is 6.11. The van der Waals surface area contributed by atoms with E-state index >= 15 is 0 Å². The highest BCUT2D eigenvalue weighted by atomic mass is 16.5. The molecule has 0 aliphatic carbocycles. The van der Waals surface area contributed by atoms with E-state index < -0.39 is 35.0 Å². The standard InChI is InChI=1S/C18H24N4O4.C11H16N2O.C7H10N2O4/c1-18(16(24)19-17(25)20-18)8-7-15(23)22-11-9-21(10-12-22)13-3-5-14(26-2)6-4-13;1-14-11-4-2-10(3-5-11)13-8-6-12-7-9-13;1-7(3-2-4(10)11)5(12)8-6(13)9-7/h3-6H,7-12H2,1-2H3,(H2,19,20,24,25);2-5,12H,6-9H2,1H3;2-3H2,1H3,(H,10,11)(H2,8,9,12,13).